The minimum absolute atomic E-state index is 0.0191. The molecule has 0 fully saturated rings. The third kappa shape index (κ3) is 1.42. The molecule has 2 aromatic heterocycles. The van der Waals surface area contributed by atoms with Gasteiger partial charge in [0.2, 0.25) is 5.71 Å². The molecule has 0 aliphatic rings. The smallest absolute Gasteiger partial charge is 0.354 e. The molecular formula is C8H4BrNO3. The molecule has 0 unspecified atom stereocenters. The molecule has 0 saturated carbocycles. The Bertz CT molecular complexity index is 477. The van der Waals surface area contributed by atoms with E-state index in [0.29, 0.717) is 10.4 Å². The molecular weight excluding hydrogens is 238 g/mol. The number of carbonyl (C=O) groups is 1. The monoisotopic (exact) mass is 241 g/mol. The number of carboxylic acid groups (broad SMARTS) is 1. The second-order valence-electron chi connectivity index (χ2n) is 2.45. The van der Waals surface area contributed by atoms with Gasteiger partial charge in [0.05, 0.1) is 0 Å². The fraction of sp³-hybridized carbons (Fsp3) is 0. The van der Waals surface area contributed by atoms with E-state index in [1.165, 1.54) is 6.07 Å². The normalized spacial score (nSPS) is 10.5. The van der Waals surface area contributed by atoms with E-state index in [9.17, 15) is 4.79 Å². The molecule has 13 heavy (non-hydrogen) atoms. The molecule has 0 aromatic carbocycles. The minimum Gasteiger partial charge on any atom is -0.477 e. The summed E-state index contributed by atoms with van der Waals surface area (Å²) in [7, 11) is 0. The number of pyridine rings is 1. The number of hydrogen-bond donors (Lipinski definition) is 1. The highest BCUT2D eigenvalue weighted by atomic mass is 79.9. The lowest BCUT2D eigenvalue weighted by Gasteiger charge is -1.91. The van der Waals surface area contributed by atoms with Crippen LogP contribution in [0.4, 0.5) is 0 Å². The average molecular weight is 242 g/mol. The van der Waals surface area contributed by atoms with Gasteiger partial charge in [0.1, 0.15) is 0 Å². The maximum atomic E-state index is 10.5. The Morgan fingerprint density at radius 2 is 2.31 bits per heavy atom. The van der Waals surface area contributed by atoms with E-state index >= 15 is 0 Å². The van der Waals surface area contributed by atoms with E-state index in [2.05, 4.69) is 20.9 Å². The lowest BCUT2D eigenvalue weighted by Crippen LogP contribution is -1.98. The molecule has 0 spiro atoms. The predicted octanol–water partition coefficient (Wildman–Crippen LogP) is 2.29. The van der Waals surface area contributed by atoms with Crippen LogP contribution in [0.3, 0.4) is 0 Å². The predicted molar refractivity (Wildman–Crippen MR) is 48.7 cm³/mol. The van der Waals surface area contributed by atoms with E-state index in [4.69, 9.17) is 9.52 Å². The summed E-state index contributed by atoms with van der Waals surface area (Å²) in [5.41, 5.74) is 0.307. The van der Waals surface area contributed by atoms with Gasteiger partial charge in [0.15, 0.2) is 10.4 Å². The zero-order valence-corrected chi connectivity index (χ0v) is 7.91. The number of fused-ring (bicyclic) bond motifs is 1. The summed E-state index contributed by atoms with van der Waals surface area (Å²) in [6.45, 7) is 0. The van der Waals surface area contributed by atoms with Crippen LogP contribution in [-0.2, 0) is 0 Å². The highest BCUT2D eigenvalue weighted by Crippen LogP contribution is 2.21. The van der Waals surface area contributed by atoms with E-state index < -0.39 is 5.97 Å². The van der Waals surface area contributed by atoms with Crippen molar-refractivity contribution in [2.24, 2.45) is 0 Å². The van der Waals surface area contributed by atoms with Gasteiger partial charge in [-0.05, 0) is 28.1 Å². The van der Waals surface area contributed by atoms with Crippen molar-refractivity contribution in [1.29, 1.82) is 0 Å². The van der Waals surface area contributed by atoms with Gasteiger partial charge in [-0.15, -0.1) is 0 Å². The molecule has 2 heterocycles. The van der Waals surface area contributed by atoms with Crippen LogP contribution < -0.4 is 0 Å². The first kappa shape index (κ1) is 8.25. The number of carboxylic acids is 1. The van der Waals surface area contributed by atoms with Gasteiger partial charge in [-0.3, -0.25) is 0 Å². The number of aromatic carboxylic acids is 1. The Hall–Kier alpha value is -1.36. The van der Waals surface area contributed by atoms with E-state index in [-0.39, 0.29) is 5.69 Å². The Labute approximate surface area is 81.3 Å². The van der Waals surface area contributed by atoms with Crippen molar-refractivity contribution in [3.05, 3.63) is 28.6 Å². The van der Waals surface area contributed by atoms with Crippen LogP contribution in [-0.4, -0.2) is 16.1 Å². The van der Waals surface area contributed by atoms with Crippen molar-refractivity contribution in [3.8, 4) is 0 Å². The van der Waals surface area contributed by atoms with Crippen molar-refractivity contribution in [2.45, 2.75) is 0 Å². The Morgan fingerprint density at radius 3 is 3.00 bits per heavy atom. The number of furan rings is 1. The van der Waals surface area contributed by atoms with Crippen molar-refractivity contribution in [1.82, 2.24) is 4.98 Å². The van der Waals surface area contributed by atoms with E-state index in [1.54, 1.807) is 12.1 Å². The van der Waals surface area contributed by atoms with Gasteiger partial charge < -0.3 is 9.52 Å². The molecule has 0 aliphatic heterocycles. The lowest BCUT2D eigenvalue weighted by atomic mass is 10.3. The Morgan fingerprint density at radius 1 is 1.54 bits per heavy atom. The number of hydrogen-bond acceptors (Lipinski definition) is 3. The summed E-state index contributed by atoms with van der Waals surface area (Å²) in [5.74, 6) is -1.06. The van der Waals surface area contributed by atoms with Crippen molar-refractivity contribution in [2.75, 3.05) is 0 Å². The number of rotatable bonds is 1. The van der Waals surface area contributed by atoms with E-state index in [0.717, 1.165) is 5.39 Å². The summed E-state index contributed by atoms with van der Waals surface area (Å²) in [4.78, 5) is 14.3. The average Bonchev–Trinajstić information content (AvgIpc) is 2.42. The first-order valence-electron chi connectivity index (χ1n) is 3.46. The van der Waals surface area contributed by atoms with Crippen LogP contribution in [0.5, 0.6) is 0 Å². The molecule has 1 N–H and O–H groups in total. The molecule has 5 heteroatoms. The summed E-state index contributed by atoms with van der Waals surface area (Å²) in [6, 6.07) is 4.82. The van der Waals surface area contributed by atoms with Crippen molar-refractivity contribution in [3.63, 3.8) is 0 Å². The van der Waals surface area contributed by atoms with Crippen LogP contribution in [0, 0.1) is 0 Å². The topological polar surface area (TPSA) is 63.3 Å². The highest BCUT2D eigenvalue weighted by molar-refractivity contribution is 9.10. The quantitative estimate of drug-likeness (QED) is 0.833. The molecule has 0 radical (unpaired) electrons. The third-order valence-electron chi connectivity index (χ3n) is 1.57. The number of nitrogens with zero attached hydrogens (tertiary/aromatic N) is 1. The molecule has 2 rings (SSSR count). The largest absolute Gasteiger partial charge is 0.477 e. The van der Waals surface area contributed by atoms with Gasteiger partial charge in [-0.1, -0.05) is 0 Å². The van der Waals surface area contributed by atoms with Gasteiger partial charge >= 0.3 is 5.97 Å². The molecule has 4 nitrogen and oxygen atoms in total. The molecule has 66 valence electrons. The zero-order chi connectivity index (χ0) is 9.42. The third-order valence-corrected chi connectivity index (χ3v) is 1.96. The zero-order valence-electron chi connectivity index (χ0n) is 6.32. The highest BCUT2D eigenvalue weighted by Gasteiger charge is 2.08. The molecule has 0 amide bonds. The fourth-order valence-electron chi connectivity index (χ4n) is 1.01. The van der Waals surface area contributed by atoms with Crippen molar-refractivity contribution < 1.29 is 14.3 Å². The fourth-order valence-corrected chi connectivity index (χ4v) is 1.41. The van der Waals surface area contributed by atoms with E-state index in [1.807, 2.05) is 0 Å². The number of aromatic nitrogens is 1. The SMILES string of the molecule is O=C(O)c1ccc2cc(Br)oc2n1. The summed E-state index contributed by atoms with van der Waals surface area (Å²) in [5, 5.41) is 9.41. The van der Waals surface area contributed by atoms with Gasteiger partial charge in [-0.2, -0.15) is 0 Å². The van der Waals surface area contributed by atoms with Crippen LogP contribution >= 0.6 is 15.9 Å². The first-order chi connectivity index (χ1) is 6.16. The lowest BCUT2D eigenvalue weighted by molar-refractivity contribution is 0.0690. The molecule has 0 aliphatic carbocycles. The van der Waals surface area contributed by atoms with Crippen molar-refractivity contribution >= 4 is 33.0 Å². The Kier molecular flexibility index (Phi) is 1.81. The van der Waals surface area contributed by atoms with Gasteiger partial charge in [0, 0.05) is 11.5 Å². The van der Waals surface area contributed by atoms with Crippen LogP contribution in [0.25, 0.3) is 11.1 Å². The second-order valence-corrected chi connectivity index (χ2v) is 3.23. The summed E-state index contributed by atoms with van der Waals surface area (Å²) >= 11 is 3.13. The van der Waals surface area contributed by atoms with Gasteiger partial charge in [-0.25, -0.2) is 9.78 Å². The maximum Gasteiger partial charge on any atom is 0.354 e. The first-order valence-corrected chi connectivity index (χ1v) is 4.25. The second kappa shape index (κ2) is 2.85. The minimum atomic E-state index is -1.06. The number of halogens is 1. The standard InChI is InChI=1S/C8H4BrNO3/c9-6-3-4-1-2-5(8(11)12)10-7(4)13-6/h1-3H,(H,11,12). The van der Waals surface area contributed by atoms with Gasteiger partial charge in [0.25, 0.3) is 0 Å². The molecule has 0 atom stereocenters. The Balaban J connectivity index is 2.67. The maximum absolute atomic E-state index is 10.5. The summed E-state index contributed by atoms with van der Waals surface area (Å²) in [6.07, 6.45) is 0. The van der Waals surface area contributed by atoms with Crippen LogP contribution in [0.15, 0.2) is 27.3 Å². The molecule has 0 bridgehead atoms. The van der Waals surface area contributed by atoms with Crippen LogP contribution in [0.1, 0.15) is 10.5 Å². The van der Waals surface area contributed by atoms with Crippen LogP contribution in [0.2, 0.25) is 0 Å². The molecule has 0 saturated heterocycles. The molecule has 2 aromatic rings. The summed E-state index contributed by atoms with van der Waals surface area (Å²) < 4.78 is 5.64.